The first-order valence-electron chi connectivity index (χ1n) is 6.80. The molecule has 5 heteroatoms. The summed E-state index contributed by atoms with van der Waals surface area (Å²) in [6.45, 7) is 4.51. The minimum Gasteiger partial charge on any atom is -0.376 e. The van der Waals surface area contributed by atoms with Gasteiger partial charge in [0.15, 0.2) is 5.96 Å². The van der Waals surface area contributed by atoms with Gasteiger partial charge in [-0.1, -0.05) is 6.07 Å². The minimum absolute atomic E-state index is 0.204. The van der Waals surface area contributed by atoms with Crippen LogP contribution in [0.2, 0.25) is 0 Å². The molecule has 1 aromatic rings. The largest absolute Gasteiger partial charge is 0.376 e. The topological polar surface area (TPSA) is 63.7 Å². The standard InChI is InChI=1S/C14H20N4O/c1-14(11-4-2-6-16-8-11)10-17-13(15)18(14)9-12-5-3-7-19-12/h2,4,6,8,12H,3,5,7,9-10H2,1H3,(H2,15,17). The summed E-state index contributed by atoms with van der Waals surface area (Å²) in [6.07, 6.45) is 6.20. The van der Waals surface area contributed by atoms with E-state index in [1.165, 1.54) is 0 Å². The molecule has 0 aromatic carbocycles. The normalized spacial score (nSPS) is 30.7. The monoisotopic (exact) mass is 260 g/mol. The Bertz CT molecular complexity index is 470. The zero-order valence-corrected chi connectivity index (χ0v) is 11.2. The second-order valence-electron chi connectivity index (χ2n) is 5.44. The molecule has 3 rings (SSSR count). The second kappa shape index (κ2) is 4.81. The van der Waals surface area contributed by atoms with Gasteiger partial charge in [0.05, 0.1) is 18.2 Å². The summed E-state index contributed by atoms with van der Waals surface area (Å²) in [7, 11) is 0. The van der Waals surface area contributed by atoms with Gasteiger partial charge in [0, 0.05) is 25.5 Å². The molecule has 2 aliphatic rings. The molecule has 102 valence electrons. The lowest BCUT2D eigenvalue weighted by Crippen LogP contribution is -2.50. The van der Waals surface area contributed by atoms with Crippen molar-refractivity contribution in [3.8, 4) is 0 Å². The van der Waals surface area contributed by atoms with Gasteiger partial charge in [-0.05, 0) is 31.4 Å². The van der Waals surface area contributed by atoms with E-state index in [0.717, 1.165) is 31.6 Å². The lowest BCUT2D eigenvalue weighted by molar-refractivity contribution is 0.0690. The molecule has 2 N–H and O–H groups in total. The number of nitrogens with zero attached hydrogens (tertiary/aromatic N) is 3. The third-order valence-electron chi connectivity index (χ3n) is 4.11. The van der Waals surface area contributed by atoms with Crippen molar-refractivity contribution >= 4 is 5.96 Å². The summed E-state index contributed by atoms with van der Waals surface area (Å²) in [6, 6.07) is 4.04. The SMILES string of the molecule is CC1(c2cccnc2)CN=C(N)N1CC1CCCO1. The summed E-state index contributed by atoms with van der Waals surface area (Å²) < 4.78 is 5.72. The van der Waals surface area contributed by atoms with Crippen LogP contribution < -0.4 is 5.73 Å². The minimum atomic E-state index is -0.204. The Hall–Kier alpha value is -1.62. The van der Waals surface area contributed by atoms with E-state index in [9.17, 15) is 0 Å². The molecule has 1 fully saturated rings. The maximum Gasteiger partial charge on any atom is 0.192 e. The zero-order chi connectivity index (χ0) is 13.3. The van der Waals surface area contributed by atoms with E-state index in [1.54, 1.807) is 6.20 Å². The first-order valence-corrected chi connectivity index (χ1v) is 6.80. The van der Waals surface area contributed by atoms with E-state index < -0.39 is 0 Å². The molecule has 2 aliphatic heterocycles. The van der Waals surface area contributed by atoms with E-state index in [4.69, 9.17) is 10.5 Å². The predicted molar refractivity (Wildman–Crippen MR) is 73.8 cm³/mol. The number of ether oxygens (including phenoxy) is 1. The predicted octanol–water partition coefficient (Wildman–Crippen LogP) is 1.11. The van der Waals surface area contributed by atoms with Gasteiger partial charge in [-0.3, -0.25) is 9.98 Å². The number of guanidine groups is 1. The van der Waals surface area contributed by atoms with Crippen molar-refractivity contribution in [2.75, 3.05) is 19.7 Å². The van der Waals surface area contributed by atoms with Gasteiger partial charge in [0.1, 0.15) is 0 Å². The van der Waals surface area contributed by atoms with Crippen LogP contribution in [0, 0.1) is 0 Å². The second-order valence-corrected chi connectivity index (χ2v) is 5.44. The fourth-order valence-corrected chi connectivity index (χ4v) is 2.87. The molecular weight excluding hydrogens is 240 g/mol. The van der Waals surface area contributed by atoms with E-state index in [-0.39, 0.29) is 11.6 Å². The lowest BCUT2D eigenvalue weighted by atomic mass is 9.92. The molecule has 5 nitrogen and oxygen atoms in total. The van der Waals surface area contributed by atoms with Gasteiger partial charge < -0.3 is 15.4 Å². The van der Waals surface area contributed by atoms with E-state index in [1.807, 2.05) is 12.3 Å². The first-order chi connectivity index (χ1) is 9.20. The molecule has 2 unspecified atom stereocenters. The fourth-order valence-electron chi connectivity index (χ4n) is 2.87. The van der Waals surface area contributed by atoms with Crippen molar-refractivity contribution in [1.29, 1.82) is 0 Å². The highest BCUT2D eigenvalue weighted by Crippen LogP contribution is 2.33. The summed E-state index contributed by atoms with van der Waals surface area (Å²) in [5, 5.41) is 0. The van der Waals surface area contributed by atoms with Crippen LogP contribution in [0.5, 0.6) is 0 Å². The average Bonchev–Trinajstić information content (AvgIpc) is 3.04. The third-order valence-corrected chi connectivity index (χ3v) is 4.11. The van der Waals surface area contributed by atoms with Gasteiger partial charge in [-0.15, -0.1) is 0 Å². The van der Waals surface area contributed by atoms with Crippen LogP contribution >= 0.6 is 0 Å². The van der Waals surface area contributed by atoms with Gasteiger partial charge in [-0.25, -0.2) is 0 Å². The molecule has 0 radical (unpaired) electrons. The Balaban J connectivity index is 1.84. The molecule has 0 spiro atoms. The van der Waals surface area contributed by atoms with E-state index >= 15 is 0 Å². The molecule has 0 saturated carbocycles. The van der Waals surface area contributed by atoms with Crippen molar-refractivity contribution in [2.24, 2.45) is 10.7 Å². The Morgan fingerprint density at radius 3 is 3.16 bits per heavy atom. The Morgan fingerprint density at radius 1 is 1.58 bits per heavy atom. The number of aliphatic imine (C=N–C) groups is 1. The van der Waals surface area contributed by atoms with Crippen molar-refractivity contribution in [3.05, 3.63) is 30.1 Å². The van der Waals surface area contributed by atoms with Crippen LogP contribution in [0.4, 0.5) is 0 Å². The summed E-state index contributed by atoms with van der Waals surface area (Å²) in [5.74, 6) is 0.613. The number of aromatic nitrogens is 1. The highest BCUT2D eigenvalue weighted by atomic mass is 16.5. The Morgan fingerprint density at radius 2 is 2.47 bits per heavy atom. The molecule has 1 aromatic heterocycles. The summed E-state index contributed by atoms with van der Waals surface area (Å²) >= 11 is 0. The van der Waals surface area contributed by atoms with Crippen LogP contribution in [0.25, 0.3) is 0 Å². The van der Waals surface area contributed by atoms with Crippen LogP contribution in [0.3, 0.4) is 0 Å². The van der Waals surface area contributed by atoms with Crippen molar-refractivity contribution in [3.63, 3.8) is 0 Å². The maximum absolute atomic E-state index is 6.07. The third kappa shape index (κ3) is 2.18. The Kier molecular flexibility index (Phi) is 3.14. The first kappa shape index (κ1) is 12.4. The van der Waals surface area contributed by atoms with E-state index in [0.29, 0.717) is 12.5 Å². The molecule has 0 aliphatic carbocycles. The van der Waals surface area contributed by atoms with E-state index in [2.05, 4.69) is 27.9 Å². The number of hydrogen-bond acceptors (Lipinski definition) is 5. The quantitative estimate of drug-likeness (QED) is 0.884. The summed E-state index contributed by atoms with van der Waals surface area (Å²) in [5.41, 5.74) is 7.02. The number of nitrogens with two attached hydrogens (primary N) is 1. The molecule has 2 atom stereocenters. The molecule has 3 heterocycles. The number of hydrogen-bond donors (Lipinski definition) is 1. The van der Waals surface area contributed by atoms with Gasteiger partial charge >= 0.3 is 0 Å². The molecular formula is C14H20N4O. The van der Waals surface area contributed by atoms with Crippen LogP contribution in [0.1, 0.15) is 25.3 Å². The van der Waals surface area contributed by atoms with Crippen LogP contribution in [0.15, 0.2) is 29.5 Å². The molecule has 0 bridgehead atoms. The fraction of sp³-hybridized carbons (Fsp3) is 0.571. The van der Waals surface area contributed by atoms with Gasteiger partial charge in [0.25, 0.3) is 0 Å². The highest BCUT2D eigenvalue weighted by Gasteiger charge is 2.41. The van der Waals surface area contributed by atoms with Crippen molar-refractivity contribution < 1.29 is 4.74 Å². The maximum atomic E-state index is 6.07. The van der Waals surface area contributed by atoms with Crippen LogP contribution in [-0.2, 0) is 10.3 Å². The van der Waals surface area contributed by atoms with Gasteiger partial charge in [-0.2, -0.15) is 0 Å². The van der Waals surface area contributed by atoms with Crippen molar-refractivity contribution in [2.45, 2.75) is 31.4 Å². The number of pyridine rings is 1. The highest BCUT2D eigenvalue weighted by molar-refractivity contribution is 5.81. The zero-order valence-electron chi connectivity index (χ0n) is 11.2. The van der Waals surface area contributed by atoms with Crippen LogP contribution in [-0.4, -0.2) is 41.6 Å². The lowest BCUT2D eigenvalue weighted by Gasteiger charge is -2.37. The van der Waals surface area contributed by atoms with Gasteiger partial charge in [0.2, 0.25) is 0 Å². The smallest absolute Gasteiger partial charge is 0.192 e. The average molecular weight is 260 g/mol. The van der Waals surface area contributed by atoms with Crippen molar-refractivity contribution in [1.82, 2.24) is 9.88 Å². The Labute approximate surface area is 113 Å². The molecule has 1 saturated heterocycles. The molecule has 0 amide bonds. The number of rotatable bonds is 3. The molecule has 19 heavy (non-hydrogen) atoms. The summed E-state index contributed by atoms with van der Waals surface area (Å²) in [4.78, 5) is 10.8.